The molecule has 0 N–H and O–H groups in total. The highest BCUT2D eigenvalue weighted by molar-refractivity contribution is 5.97. The lowest BCUT2D eigenvalue weighted by Gasteiger charge is -2.02. The molecule has 0 fully saturated rings. The Morgan fingerprint density at radius 2 is 1.63 bits per heavy atom. The summed E-state index contributed by atoms with van der Waals surface area (Å²) in [5, 5.41) is 0. The van der Waals surface area contributed by atoms with E-state index in [4.69, 9.17) is 0 Å². The van der Waals surface area contributed by atoms with Crippen molar-refractivity contribution < 1.29 is 19.1 Å². The summed E-state index contributed by atoms with van der Waals surface area (Å²) < 4.78 is 4.67. The highest BCUT2D eigenvalue weighted by atomic mass is 16.5. The van der Waals surface area contributed by atoms with E-state index in [1.807, 2.05) is 30.3 Å². The van der Waals surface area contributed by atoms with E-state index in [-0.39, 0.29) is 37.4 Å². The van der Waals surface area contributed by atoms with Gasteiger partial charge in [-0.25, -0.2) is 0 Å². The number of Topliss-reactive ketones (excluding diaryl/α,β-unsaturated/α-hetero) is 2. The standard InChI is InChI=1S/C15H18O4/c1-2-19-15(18)11-14(17)9-8-13(16)10-12-6-4-3-5-7-12/h3-7H,2,8-11H2,1H3. The van der Waals surface area contributed by atoms with E-state index in [2.05, 4.69) is 4.74 Å². The molecule has 0 unspecified atom stereocenters. The van der Waals surface area contributed by atoms with Crippen LogP contribution in [0.3, 0.4) is 0 Å². The van der Waals surface area contributed by atoms with Crippen molar-refractivity contribution in [2.24, 2.45) is 0 Å². The topological polar surface area (TPSA) is 60.4 Å². The maximum absolute atomic E-state index is 11.7. The van der Waals surface area contributed by atoms with Gasteiger partial charge in [0.15, 0.2) is 0 Å². The van der Waals surface area contributed by atoms with Gasteiger partial charge in [0.05, 0.1) is 6.61 Å². The number of carbonyl (C=O) groups excluding carboxylic acids is 3. The van der Waals surface area contributed by atoms with Gasteiger partial charge in [-0.15, -0.1) is 0 Å². The Labute approximate surface area is 112 Å². The molecule has 0 aromatic heterocycles. The zero-order chi connectivity index (χ0) is 14.1. The monoisotopic (exact) mass is 262 g/mol. The van der Waals surface area contributed by atoms with Crippen LogP contribution in [0.15, 0.2) is 30.3 Å². The summed E-state index contributed by atoms with van der Waals surface area (Å²) in [6.07, 6.45) is 0.359. The molecule has 4 nitrogen and oxygen atoms in total. The Bertz CT molecular complexity index is 437. The molecule has 0 radical (unpaired) electrons. The number of benzene rings is 1. The number of ketones is 2. The third kappa shape index (κ3) is 6.50. The minimum atomic E-state index is -0.525. The predicted molar refractivity (Wildman–Crippen MR) is 70.6 cm³/mol. The largest absolute Gasteiger partial charge is 0.466 e. The fourth-order valence-electron chi connectivity index (χ4n) is 1.65. The number of ether oxygens (including phenoxy) is 1. The van der Waals surface area contributed by atoms with Crippen LogP contribution in [0.5, 0.6) is 0 Å². The summed E-state index contributed by atoms with van der Waals surface area (Å²) in [4.78, 5) is 34.2. The smallest absolute Gasteiger partial charge is 0.313 e. The second-order valence-electron chi connectivity index (χ2n) is 4.22. The first kappa shape index (κ1) is 15.1. The van der Waals surface area contributed by atoms with Crippen LogP contribution in [0.1, 0.15) is 31.7 Å². The fraction of sp³-hybridized carbons (Fsp3) is 0.400. The van der Waals surface area contributed by atoms with E-state index in [0.717, 1.165) is 5.56 Å². The van der Waals surface area contributed by atoms with Crippen molar-refractivity contribution in [2.75, 3.05) is 6.61 Å². The van der Waals surface area contributed by atoms with Crippen LogP contribution in [-0.4, -0.2) is 24.1 Å². The second-order valence-corrected chi connectivity index (χ2v) is 4.22. The Kier molecular flexibility index (Phi) is 6.50. The molecule has 0 aliphatic rings. The molecular formula is C15H18O4. The zero-order valence-electron chi connectivity index (χ0n) is 11.1. The van der Waals surface area contributed by atoms with Crippen LogP contribution in [0.4, 0.5) is 0 Å². The van der Waals surface area contributed by atoms with Crippen LogP contribution >= 0.6 is 0 Å². The third-order valence-electron chi connectivity index (χ3n) is 2.57. The van der Waals surface area contributed by atoms with Gasteiger partial charge in [-0.1, -0.05) is 30.3 Å². The van der Waals surface area contributed by atoms with Crippen molar-refractivity contribution in [1.29, 1.82) is 0 Å². The normalized spacial score (nSPS) is 9.95. The van der Waals surface area contributed by atoms with E-state index < -0.39 is 5.97 Å². The molecule has 1 rings (SSSR count). The molecule has 0 aliphatic carbocycles. The van der Waals surface area contributed by atoms with Gasteiger partial charge in [-0.2, -0.15) is 0 Å². The zero-order valence-corrected chi connectivity index (χ0v) is 11.1. The Balaban J connectivity index is 2.27. The number of rotatable bonds is 8. The molecule has 0 amide bonds. The maximum Gasteiger partial charge on any atom is 0.313 e. The van der Waals surface area contributed by atoms with E-state index in [9.17, 15) is 14.4 Å². The Morgan fingerprint density at radius 3 is 2.26 bits per heavy atom. The SMILES string of the molecule is CCOC(=O)CC(=O)CCC(=O)Cc1ccccc1. The van der Waals surface area contributed by atoms with E-state index in [1.165, 1.54) is 0 Å². The van der Waals surface area contributed by atoms with E-state index >= 15 is 0 Å². The molecule has 1 aromatic carbocycles. The Morgan fingerprint density at radius 1 is 1.00 bits per heavy atom. The van der Waals surface area contributed by atoms with Crippen molar-refractivity contribution in [3.05, 3.63) is 35.9 Å². The first-order valence-electron chi connectivity index (χ1n) is 6.34. The lowest BCUT2D eigenvalue weighted by molar-refractivity contribution is -0.145. The van der Waals surface area contributed by atoms with Crippen molar-refractivity contribution >= 4 is 17.5 Å². The quantitative estimate of drug-likeness (QED) is 0.531. The first-order valence-corrected chi connectivity index (χ1v) is 6.34. The Hall–Kier alpha value is -1.97. The summed E-state index contributed by atoms with van der Waals surface area (Å²) in [6, 6.07) is 9.37. The van der Waals surface area contributed by atoms with Gasteiger partial charge in [0, 0.05) is 19.3 Å². The number of carbonyl (C=O) groups is 3. The van der Waals surface area contributed by atoms with Gasteiger partial charge in [0.25, 0.3) is 0 Å². The van der Waals surface area contributed by atoms with Crippen molar-refractivity contribution in [3.8, 4) is 0 Å². The van der Waals surface area contributed by atoms with Crippen LogP contribution < -0.4 is 0 Å². The summed E-state index contributed by atoms with van der Waals surface area (Å²) in [5.41, 5.74) is 0.936. The van der Waals surface area contributed by atoms with Gasteiger partial charge in [-0.05, 0) is 12.5 Å². The number of esters is 1. The highest BCUT2D eigenvalue weighted by Gasteiger charge is 2.12. The second kappa shape index (κ2) is 8.19. The van der Waals surface area contributed by atoms with Crippen molar-refractivity contribution in [3.63, 3.8) is 0 Å². The molecule has 0 saturated carbocycles. The lowest BCUT2D eigenvalue weighted by Crippen LogP contribution is -2.13. The minimum Gasteiger partial charge on any atom is -0.466 e. The van der Waals surface area contributed by atoms with Gasteiger partial charge in [-0.3, -0.25) is 14.4 Å². The predicted octanol–water partition coefficient (Wildman–Crippen LogP) is 2.10. The maximum atomic E-state index is 11.7. The molecule has 0 saturated heterocycles. The minimum absolute atomic E-state index is 0.00316. The number of hydrogen-bond donors (Lipinski definition) is 0. The highest BCUT2D eigenvalue weighted by Crippen LogP contribution is 2.05. The van der Waals surface area contributed by atoms with Crippen LogP contribution in [-0.2, 0) is 25.5 Å². The lowest BCUT2D eigenvalue weighted by atomic mass is 10.0. The molecular weight excluding hydrogens is 244 g/mol. The van der Waals surface area contributed by atoms with Gasteiger partial charge < -0.3 is 4.74 Å². The first-order chi connectivity index (χ1) is 9.11. The van der Waals surface area contributed by atoms with Crippen LogP contribution in [0.25, 0.3) is 0 Å². The molecule has 0 aliphatic heterocycles. The summed E-state index contributed by atoms with van der Waals surface area (Å²) in [5.74, 6) is -0.772. The third-order valence-corrected chi connectivity index (χ3v) is 2.57. The van der Waals surface area contributed by atoms with Gasteiger partial charge >= 0.3 is 5.97 Å². The molecule has 0 atom stereocenters. The van der Waals surface area contributed by atoms with E-state index in [1.54, 1.807) is 6.92 Å². The molecule has 102 valence electrons. The van der Waals surface area contributed by atoms with E-state index in [0.29, 0.717) is 6.42 Å². The fourth-order valence-corrected chi connectivity index (χ4v) is 1.65. The van der Waals surface area contributed by atoms with Crippen LogP contribution in [0.2, 0.25) is 0 Å². The average Bonchev–Trinajstić information content (AvgIpc) is 2.38. The van der Waals surface area contributed by atoms with Crippen molar-refractivity contribution in [1.82, 2.24) is 0 Å². The number of hydrogen-bond acceptors (Lipinski definition) is 4. The molecule has 0 spiro atoms. The van der Waals surface area contributed by atoms with Gasteiger partial charge in [0.2, 0.25) is 0 Å². The molecule has 0 bridgehead atoms. The van der Waals surface area contributed by atoms with Gasteiger partial charge in [0.1, 0.15) is 18.0 Å². The summed E-state index contributed by atoms with van der Waals surface area (Å²) >= 11 is 0. The van der Waals surface area contributed by atoms with Crippen molar-refractivity contribution in [2.45, 2.75) is 32.6 Å². The molecule has 4 heteroatoms. The molecule has 19 heavy (non-hydrogen) atoms. The summed E-state index contributed by atoms with van der Waals surface area (Å²) in [6.45, 7) is 1.95. The molecule has 1 aromatic rings. The summed E-state index contributed by atoms with van der Waals surface area (Å²) in [7, 11) is 0. The average molecular weight is 262 g/mol. The molecule has 0 heterocycles. The van der Waals surface area contributed by atoms with Crippen LogP contribution in [0, 0.1) is 0 Å².